The van der Waals surface area contributed by atoms with Crippen LogP contribution in [0.1, 0.15) is 37.2 Å². The zero-order valence-electron chi connectivity index (χ0n) is 11.3. The summed E-state index contributed by atoms with van der Waals surface area (Å²) in [7, 11) is 0. The number of carboxylic acid groups (broad SMARTS) is 1. The molecule has 0 atom stereocenters. The Labute approximate surface area is 112 Å². The number of carbonyl (C=O) groups is 1. The minimum atomic E-state index is -0.996. The summed E-state index contributed by atoms with van der Waals surface area (Å²) in [5.41, 5.74) is 1.84. The number of pyridine rings is 1. The first-order chi connectivity index (χ1) is 9.15. The molecule has 0 aliphatic heterocycles. The van der Waals surface area contributed by atoms with Gasteiger partial charge < -0.3 is 14.4 Å². The Kier molecular flexibility index (Phi) is 4.04. The summed E-state index contributed by atoms with van der Waals surface area (Å²) in [5, 5.41) is 8.95. The lowest BCUT2D eigenvalue weighted by molar-refractivity contribution is 0.0691. The van der Waals surface area contributed by atoms with Crippen molar-refractivity contribution in [3.8, 4) is 0 Å². The highest BCUT2D eigenvalue weighted by atomic mass is 16.4. The van der Waals surface area contributed by atoms with Crippen LogP contribution in [0.25, 0.3) is 5.65 Å². The Bertz CT molecular complexity index is 571. The molecule has 0 aromatic carbocycles. The summed E-state index contributed by atoms with van der Waals surface area (Å²) < 4.78 is 1.77. The second-order valence-corrected chi connectivity index (χ2v) is 4.57. The first-order valence-corrected chi connectivity index (χ1v) is 6.62. The molecule has 0 saturated heterocycles. The second-order valence-electron chi connectivity index (χ2n) is 4.57. The number of rotatable bonds is 6. The maximum absolute atomic E-state index is 10.9. The predicted octanol–water partition coefficient (Wildman–Crippen LogP) is 2.66. The third-order valence-electron chi connectivity index (χ3n) is 3.01. The maximum Gasteiger partial charge on any atom is 0.356 e. The Hall–Kier alpha value is -2.04. The SMILES string of the molecule is CCCN(CCC)c1ccc2nc(C(=O)O)cn2c1. The fraction of sp³-hybridized carbons (Fsp3) is 0.429. The van der Waals surface area contributed by atoms with Crippen LogP contribution in [-0.2, 0) is 0 Å². The van der Waals surface area contributed by atoms with Crippen LogP contribution in [0.2, 0.25) is 0 Å². The van der Waals surface area contributed by atoms with Gasteiger partial charge in [-0.3, -0.25) is 0 Å². The largest absolute Gasteiger partial charge is 0.476 e. The van der Waals surface area contributed by atoms with E-state index in [1.165, 1.54) is 0 Å². The summed E-state index contributed by atoms with van der Waals surface area (Å²) in [6.45, 7) is 6.31. The Balaban J connectivity index is 2.36. The Morgan fingerprint density at radius 1 is 1.26 bits per heavy atom. The number of aromatic carboxylic acids is 1. The summed E-state index contributed by atoms with van der Waals surface area (Å²) in [6.07, 6.45) is 5.67. The van der Waals surface area contributed by atoms with Crippen LogP contribution in [0.5, 0.6) is 0 Å². The molecule has 2 aromatic heterocycles. The highest BCUT2D eigenvalue weighted by Gasteiger charge is 2.10. The predicted molar refractivity (Wildman–Crippen MR) is 74.9 cm³/mol. The van der Waals surface area contributed by atoms with E-state index in [1.54, 1.807) is 10.6 Å². The van der Waals surface area contributed by atoms with Crippen LogP contribution in [0, 0.1) is 0 Å². The van der Waals surface area contributed by atoms with E-state index in [-0.39, 0.29) is 5.69 Å². The maximum atomic E-state index is 10.9. The number of aromatic nitrogens is 2. The molecule has 2 heterocycles. The van der Waals surface area contributed by atoms with Gasteiger partial charge in [0, 0.05) is 25.5 Å². The Morgan fingerprint density at radius 3 is 2.53 bits per heavy atom. The van der Waals surface area contributed by atoms with E-state index in [9.17, 15) is 4.79 Å². The van der Waals surface area contributed by atoms with Gasteiger partial charge in [0.25, 0.3) is 0 Å². The Morgan fingerprint density at radius 2 is 1.95 bits per heavy atom. The third-order valence-corrected chi connectivity index (χ3v) is 3.01. The first kappa shape index (κ1) is 13.4. The highest BCUT2D eigenvalue weighted by molar-refractivity contribution is 5.86. The molecule has 0 fully saturated rings. The summed E-state index contributed by atoms with van der Waals surface area (Å²) >= 11 is 0. The average Bonchev–Trinajstić information content (AvgIpc) is 2.81. The zero-order valence-corrected chi connectivity index (χ0v) is 11.3. The quantitative estimate of drug-likeness (QED) is 0.868. The standard InChI is InChI=1S/C14H19N3O2/c1-3-7-16(8-4-2)11-5-6-13-15-12(14(18)19)10-17(13)9-11/h5-6,9-10H,3-4,7-8H2,1-2H3,(H,18,19). The van der Waals surface area contributed by atoms with Crippen molar-refractivity contribution in [2.45, 2.75) is 26.7 Å². The number of imidazole rings is 1. The number of anilines is 1. The van der Waals surface area contributed by atoms with E-state index < -0.39 is 5.97 Å². The first-order valence-electron chi connectivity index (χ1n) is 6.62. The molecule has 0 bridgehead atoms. The van der Waals surface area contributed by atoms with Crippen molar-refractivity contribution < 1.29 is 9.90 Å². The van der Waals surface area contributed by atoms with E-state index in [2.05, 4.69) is 23.7 Å². The van der Waals surface area contributed by atoms with Gasteiger partial charge in [-0.2, -0.15) is 0 Å². The van der Waals surface area contributed by atoms with E-state index >= 15 is 0 Å². The molecule has 2 aromatic rings. The molecule has 0 aliphatic rings. The van der Waals surface area contributed by atoms with Crippen LogP contribution >= 0.6 is 0 Å². The molecule has 0 radical (unpaired) electrons. The van der Waals surface area contributed by atoms with Crippen LogP contribution in [0.4, 0.5) is 5.69 Å². The third kappa shape index (κ3) is 2.86. The minimum absolute atomic E-state index is 0.0784. The molecule has 5 nitrogen and oxygen atoms in total. The minimum Gasteiger partial charge on any atom is -0.476 e. The molecular formula is C14H19N3O2. The molecule has 0 saturated carbocycles. The van der Waals surface area contributed by atoms with Crippen LogP contribution in [0.15, 0.2) is 24.5 Å². The molecule has 19 heavy (non-hydrogen) atoms. The smallest absolute Gasteiger partial charge is 0.356 e. The van der Waals surface area contributed by atoms with Gasteiger partial charge in [-0.25, -0.2) is 9.78 Å². The van der Waals surface area contributed by atoms with Gasteiger partial charge in [-0.15, -0.1) is 0 Å². The van der Waals surface area contributed by atoms with Gasteiger partial charge in [-0.1, -0.05) is 13.8 Å². The van der Waals surface area contributed by atoms with Crippen molar-refractivity contribution in [1.29, 1.82) is 0 Å². The van der Waals surface area contributed by atoms with Crippen LogP contribution in [0.3, 0.4) is 0 Å². The van der Waals surface area contributed by atoms with E-state index in [0.717, 1.165) is 31.6 Å². The number of hydrogen-bond donors (Lipinski definition) is 1. The fourth-order valence-electron chi connectivity index (χ4n) is 2.18. The molecule has 0 spiro atoms. The zero-order chi connectivity index (χ0) is 13.8. The van der Waals surface area contributed by atoms with Gasteiger partial charge in [0.15, 0.2) is 5.69 Å². The van der Waals surface area contributed by atoms with Gasteiger partial charge in [0.05, 0.1) is 5.69 Å². The van der Waals surface area contributed by atoms with Crippen molar-refractivity contribution >= 4 is 17.3 Å². The number of hydrogen-bond acceptors (Lipinski definition) is 3. The van der Waals surface area contributed by atoms with Crippen molar-refractivity contribution in [3.05, 3.63) is 30.2 Å². The molecule has 0 unspecified atom stereocenters. The lowest BCUT2D eigenvalue weighted by Crippen LogP contribution is -2.25. The number of fused-ring (bicyclic) bond motifs is 1. The molecule has 1 N–H and O–H groups in total. The van der Waals surface area contributed by atoms with Gasteiger partial charge in [-0.05, 0) is 25.0 Å². The van der Waals surface area contributed by atoms with Gasteiger partial charge in [0.2, 0.25) is 0 Å². The molecule has 102 valence electrons. The molecule has 5 heteroatoms. The van der Waals surface area contributed by atoms with E-state index in [4.69, 9.17) is 5.11 Å². The molecule has 2 rings (SSSR count). The van der Waals surface area contributed by atoms with Crippen LogP contribution in [-0.4, -0.2) is 33.6 Å². The fourth-order valence-corrected chi connectivity index (χ4v) is 2.18. The van der Waals surface area contributed by atoms with Crippen molar-refractivity contribution in [2.24, 2.45) is 0 Å². The summed E-state index contributed by atoms with van der Waals surface area (Å²) in [6, 6.07) is 3.86. The second kappa shape index (κ2) is 5.73. The molecular weight excluding hydrogens is 242 g/mol. The molecule has 0 aliphatic carbocycles. The van der Waals surface area contributed by atoms with Gasteiger partial charge in [0.1, 0.15) is 5.65 Å². The van der Waals surface area contributed by atoms with Crippen LogP contribution < -0.4 is 4.90 Å². The van der Waals surface area contributed by atoms with E-state index in [1.807, 2.05) is 18.3 Å². The van der Waals surface area contributed by atoms with E-state index in [0.29, 0.717) is 5.65 Å². The monoisotopic (exact) mass is 261 g/mol. The van der Waals surface area contributed by atoms with Crippen molar-refractivity contribution in [1.82, 2.24) is 9.38 Å². The van der Waals surface area contributed by atoms with Gasteiger partial charge >= 0.3 is 5.97 Å². The number of carboxylic acids is 1. The highest BCUT2D eigenvalue weighted by Crippen LogP contribution is 2.17. The van der Waals surface area contributed by atoms with Crippen molar-refractivity contribution in [3.63, 3.8) is 0 Å². The van der Waals surface area contributed by atoms with Crippen molar-refractivity contribution in [2.75, 3.05) is 18.0 Å². The summed E-state index contributed by atoms with van der Waals surface area (Å²) in [5.74, 6) is -0.996. The molecule has 0 amide bonds. The lowest BCUT2D eigenvalue weighted by atomic mass is 10.3. The topological polar surface area (TPSA) is 57.8 Å². The lowest BCUT2D eigenvalue weighted by Gasteiger charge is -2.23. The number of nitrogens with zero attached hydrogens (tertiary/aromatic N) is 3. The summed E-state index contributed by atoms with van der Waals surface area (Å²) in [4.78, 5) is 17.3. The average molecular weight is 261 g/mol. The normalized spacial score (nSPS) is 10.8.